The van der Waals surface area contributed by atoms with Crippen molar-refractivity contribution in [2.24, 2.45) is 0 Å². The van der Waals surface area contributed by atoms with E-state index in [2.05, 4.69) is 29.2 Å². The molecule has 2 aromatic carbocycles. The van der Waals surface area contributed by atoms with Crippen molar-refractivity contribution in [3.05, 3.63) is 42.0 Å². The van der Waals surface area contributed by atoms with E-state index in [1.165, 1.54) is 37.7 Å². The second kappa shape index (κ2) is 8.22. The number of rotatable bonds is 4. The zero-order valence-corrected chi connectivity index (χ0v) is 16.4. The molecule has 0 saturated heterocycles. The zero-order chi connectivity index (χ0) is 18.6. The van der Waals surface area contributed by atoms with Crippen LogP contribution in [0.25, 0.3) is 11.1 Å². The van der Waals surface area contributed by atoms with Gasteiger partial charge in [0.05, 0.1) is 14.2 Å². The summed E-state index contributed by atoms with van der Waals surface area (Å²) in [5.41, 5.74) is 3.54. The van der Waals surface area contributed by atoms with Crippen LogP contribution in [0.5, 0.6) is 17.2 Å². The molecule has 4 heteroatoms. The molecule has 2 aromatic rings. The fourth-order valence-corrected chi connectivity index (χ4v) is 4.36. The smallest absolute Gasteiger partial charge is 0.165 e. The third-order valence-electron chi connectivity index (χ3n) is 5.86. The van der Waals surface area contributed by atoms with Gasteiger partial charge < -0.3 is 14.2 Å². The molecule has 0 atom stereocenters. The zero-order valence-electron chi connectivity index (χ0n) is 16.4. The number of benzene rings is 2. The second-order valence-electron chi connectivity index (χ2n) is 7.51. The lowest BCUT2D eigenvalue weighted by molar-refractivity contribution is 0.136. The van der Waals surface area contributed by atoms with Gasteiger partial charge in [0.25, 0.3) is 0 Å². The van der Waals surface area contributed by atoms with E-state index < -0.39 is 0 Å². The molecule has 144 valence electrons. The first kappa shape index (κ1) is 18.2. The fraction of sp³-hybridized carbons (Fsp3) is 0.478. The molecule has 2 aliphatic rings. The maximum atomic E-state index is 6.13. The van der Waals surface area contributed by atoms with Gasteiger partial charge >= 0.3 is 0 Å². The van der Waals surface area contributed by atoms with Crippen molar-refractivity contribution in [1.82, 2.24) is 4.90 Å². The Kier molecular flexibility index (Phi) is 5.53. The minimum Gasteiger partial charge on any atom is -0.497 e. The Morgan fingerprint density at radius 3 is 2.41 bits per heavy atom. The highest BCUT2D eigenvalue weighted by molar-refractivity contribution is 5.70. The summed E-state index contributed by atoms with van der Waals surface area (Å²) in [7, 11) is 3.41. The van der Waals surface area contributed by atoms with Gasteiger partial charge in [0.15, 0.2) is 11.5 Å². The van der Waals surface area contributed by atoms with Gasteiger partial charge in [0.2, 0.25) is 0 Å². The van der Waals surface area contributed by atoms with E-state index in [0.29, 0.717) is 6.04 Å². The summed E-state index contributed by atoms with van der Waals surface area (Å²) >= 11 is 0. The quantitative estimate of drug-likeness (QED) is 0.769. The number of nitrogens with zero attached hydrogens (tertiary/aromatic N) is 1. The highest BCUT2D eigenvalue weighted by Gasteiger charge is 2.26. The van der Waals surface area contributed by atoms with Crippen LogP contribution in [0.1, 0.15) is 37.7 Å². The number of hydrogen-bond acceptors (Lipinski definition) is 4. The van der Waals surface area contributed by atoms with E-state index in [9.17, 15) is 0 Å². The molecular weight excluding hydrogens is 338 g/mol. The van der Waals surface area contributed by atoms with Crippen molar-refractivity contribution in [3.63, 3.8) is 0 Å². The van der Waals surface area contributed by atoms with Crippen LogP contribution in [0.15, 0.2) is 36.4 Å². The van der Waals surface area contributed by atoms with Crippen LogP contribution in [0, 0.1) is 0 Å². The van der Waals surface area contributed by atoms with Crippen LogP contribution in [-0.2, 0) is 6.54 Å². The summed E-state index contributed by atoms with van der Waals surface area (Å²) in [6, 6.07) is 13.2. The van der Waals surface area contributed by atoms with Gasteiger partial charge in [0.1, 0.15) is 12.4 Å². The van der Waals surface area contributed by atoms with E-state index in [1.54, 1.807) is 14.2 Å². The van der Waals surface area contributed by atoms with Crippen molar-refractivity contribution >= 4 is 0 Å². The van der Waals surface area contributed by atoms with E-state index in [1.807, 2.05) is 12.1 Å². The molecule has 1 aliphatic carbocycles. The summed E-state index contributed by atoms with van der Waals surface area (Å²) in [6.45, 7) is 2.64. The fourth-order valence-electron chi connectivity index (χ4n) is 4.36. The van der Waals surface area contributed by atoms with E-state index in [0.717, 1.165) is 48.1 Å². The Balaban J connectivity index is 1.67. The Morgan fingerprint density at radius 1 is 0.926 bits per heavy atom. The third-order valence-corrected chi connectivity index (χ3v) is 5.86. The Bertz CT molecular complexity index is 766. The summed E-state index contributed by atoms with van der Waals surface area (Å²) in [5, 5.41) is 0. The van der Waals surface area contributed by atoms with Crippen LogP contribution in [0.3, 0.4) is 0 Å². The molecule has 1 aliphatic heterocycles. The maximum absolute atomic E-state index is 6.13. The minimum atomic E-state index is 0.684. The van der Waals surface area contributed by atoms with Crippen molar-refractivity contribution in [3.8, 4) is 28.4 Å². The first-order valence-corrected chi connectivity index (χ1v) is 10.0. The number of ether oxygens (including phenoxy) is 3. The molecule has 4 nitrogen and oxygen atoms in total. The van der Waals surface area contributed by atoms with Gasteiger partial charge in [0, 0.05) is 24.7 Å². The molecule has 1 saturated carbocycles. The number of methoxy groups -OCH3 is 2. The normalized spacial score (nSPS) is 18.3. The predicted molar refractivity (Wildman–Crippen MR) is 108 cm³/mol. The van der Waals surface area contributed by atoms with Gasteiger partial charge in [-0.3, -0.25) is 4.90 Å². The Morgan fingerprint density at radius 2 is 1.70 bits per heavy atom. The van der Waals surface area contributed by atoms with Crippen LogP contribution in [0.2, 0.25) is 0 Å². The lowest BCUT2D eigenvalue weighted by Gasteiger charge is -2.33. The van der Waals surface area contributed by atoms with Gasteiger partial charge in [-0.1, -0.05) is 31.4 Å². The molecule has 1 heterocycles. The lowest BCUT2D eigenvalue weighted by Crippen LogP contribution is -2.37. The van der Waals surface area contributed by atoms with E-state index in [-0.39, 0.29) is 0 Å². The topological polar surface area (TPSA) is 30.9 Å². The molecule has 0 unspecified atom stereocenters. The molecule has 0 spiro atoms. The standard InChI is InChI=1S/C23H29NO3/c1-25-21-10-8-17(9-11-21)18-14-19-16-24(20-6-4-3-5-7-20)12-13-27-23(19)22(15-18)26-2/h8-11,14-15,20H,3-7,12-13,16H2,1-2H3. The summed E-state index contributed by atoms with van der Waals surface area (Å²) in [4.78, 5) is 2.61. The summed E-state index contributed by atoms with van der Waals surface area (Å²) < 4.78 is 17.1. The first-order valence-electron chi connectivity index (χ1n) is 10.0. The first-order chi connectivity index (χ1) is 13.3. The van der Waals surface area contributed by atoms with E-state index in [4.69, 9.17) is 14.2 Å². The third kappa shape index (κ3) is 3.91. The average molecular weight is 367 g/mol. The molecule has 0 amide bonds. The largest absolute Gasteiger partial charge is 0.497 e. The molecule has 27 heavy (non-hydrogen) atoms. The van der Waals surface area contributed by atoms with Crippen LogP contribution >= 0.6 is 0 Å². The molecule has 1 fully saturated rings. The van der Waals surface area contributed by atoms with Crippen molar-refractivity contribution in [2.45, 2.75) is 44.7 Å². The van der Waals surface area contributed by atoms with Gasteiger partial charge in [-0.25, -0.2) is 0 Å². The Labute approximate surface area is 162 Å². The molecule has 0 N–H and O–H groups in total. The Hall–Kier alpha value is -2.20. The molecular formula is C23H29NO3. The van der Waals surface area contributed by atoms with Crippen molar-refractivity contribution < 1.29 is 14.2 Å². The lowest BCUT2D eigenvalue weighted by atomic mass is 9.93. The van der Waals surface area contributed by atoms with Crippen molar-refractivity contribution in [2.75, 3.05) is 27.4 Å². The summed E-state index contributed by atoms with van der Waals surface area (Å²) in [5.74, 6) is 2.60. The monoisotopic (exact) mass is 367 g/mol. The maximum Gasteiger partial charge on any atom is 0.165 e. The van der Waals surface area contributed by atoms with Gasteiger partial charge in [-0.05, 0) is 48.2 Å². The minimum absolute atomic E-state index is 0.684. The average Bonchev–Trinajstić information content (AvgIpc) is 2.96. The van der Waals surface area contributed by atoms with Crippen molar-refractivity contribution in [1.29, 1.82) is 0 Å². The predicted octanol–water partition coefficient (Wildman–Crippen LogP) is 4.90. The molecule has 0 aromatic heterocycles. The van der Waals surface area contributed by atoms with Gasteiger partial charge in [-0.2, -0.15) is 0 Å². The number of fused-ring (bicyclic) bond motifs is 1. The highest BCUT2D eigenvalue weighted by atomic mass is 16.5. The molecule has 0 radical (unpaired) electrons. The van der Waals surface area contributed by atoms with Crippen LogP contribution in [-0.4, -0.2) is 38.3 Å². The van der Waals surface area contributed by atoms with Crippen LogP contribution in [0.4, 0.5) is 0 Å². The van der Waals surface area contributed by atoms with Gasteiger partial charge in [-0.15, -0.1) is 0 Å². The highest BCUT2D eigenvalue weighted by Crippen LogP contribution is 2.39. The SMILES string of the molecule is COc1ccc(-c2cc3c(c(OC)c2)OCCN(C2CCCCC2)C3)cc1. The number of hydrogen-bond donors (Lipinski definition) is 0. The summed E-state index contributed by atoms with van der Waals surface area (Å²) in [6.07, 6.45) is 6.70. The second-order valence-corrected chi connectivity index (χ2v) is 7.51. The molecule has 4 rings (SSSR count). The molecule has 0 bridgehead atoms. The van der Waals surface area contributed by atoms with Crippen LogP contribution < -0.4 is 14.2 Å². The van der Waals surface area contributed by atoms with E-state index >= 15 is 0 Å².